The van der Waals surface area contributed by atoms with Crippen LogP contribution in [0.3, 0.4) is 0 Å². The first-order valence-corrected chi connectivity index (χ1v) is 14.3. The second-order valence-electron chi connectivity index (χ2n) is 8.76. The number of ether oxygens (including phenoxy) is 3. The Hall–Kier alpha value is -3.71. The maximum absolute atomic E-state index is 13.5. The van der Waals surface area contributed by atoms with Crippen LogP contribution in [-0.4, -0.2) is 41.2 Å². The van der Waals surface area contributed by atoms with Crippen LogP contribution in [0.1, 0.15) is 31.9 Å². The van der Waals surface area contributed by atoms with Crippen molar-refractivity contribution < 1.29 is 32.2 Å². The average molecular weight is 711 g/mol. The number of carbonyl (C=O) groups is 1. The highest BCUT2D eigenvalue weighted by atomic mass is 79.9. The van der Waals surface area contributed by atoms with E-state index in [1.165, 1.54) is 25.3 Å². The molecule has 8 nitrogen and oxygen atoms in total. The summed E-state index contributed by atoms with van der Waals surface area (Å²) in [5.41, 5.74) is -0.680. The van der Waals surface area contributed by atoms with Crippen LogP contribution in [0.2, 0.25) is 0 Å². The highest BCUT2D eigenvalue weighted by Crippen LogP contribution is 2.43. The quantitative estimate of drug-likeness (QED) is 0.135. The number of benzene rings is 3. The lowest BCUT2D eigenvalue weighted by atomic mass is 10.1. The molecule has 0 aliphatic carbocycles. The molecule has 1 heterocycles. The molecule has 220 valence electrons. The van der Waals surface area contributed by atoms with Crippen LogP contribution in [0.25, 0.3) is 22.3 Å². The summed E-state index contributed by atoms with van der Waals surface area (Å²) in [6.45, 7) is 5.45. The smallest absolute Gasteiger partial charge is 0.416 e. The molecule has 0 unspecified atom stereocenters. The molecule has 1 aromatic heterocycles. The first kappa shape index (κ1) is 31.2. The SMILES string of the molecule is CCOC(=O)[C@@H](C)Oc1c(OCC)cc(C=Nn2c(-c3cccc(C(F)(F)F)c3)nc3ccccc3c2=O)c(Br)c1Br. The third-order valence-corrected chi connectivity index (χ3v) is 8.03. The van der Waals surface area contributed by atoms with Crippen molar-refractivity contribution in [1.29, 1.82) is 0 Å². The number of alkyl halides is 3. The van der Waals surface area contributed by atoms with Crippen LogP contribution < -0.4 is 15.0 Å². The molecule has 0 bridgehead atoms. The normalized spacial score (nSPS) is 12.5. The zero-order chi connectivity index (χ0) is 30.6. The number of carbonyl (C=O) groups excluding carboxylic acids is 1. The number of nitrogens with zero attached hydrogens (tertiary/aromatic N) is 3. The maximum Gasteiger partial charge on any atom is 0.416 e. The topological polar surface area (TPSA) is 92.0 Å². The van der Waals surface area contributed by atoms with Gasteiger partial charge in [0, 0.05) is 15.6 Å². The zero-order valence-corrected chi connectivity index (χ0v) is 25.7. The molecule has 0 spiro atoms. The fraction of sp³-hybridized carbons (Fsp3) is 0.241. The molecule has 0 aliphatic rings. The van der Waals surface area contributed by atoms with E-state index in [1.54, 1.807) is 44.2 Å². The lowest BCUT2D eigenvalue weighted by Crippen LogP contribution is -2.26. The summed E-state index contributed by atoms with van der Waals surface area (Å²) < 4.78 is 58.9. The molecule has 3 aromatic carbocycles. The Labute approximate surface area is 255 Å². The summed E-state index contributed by atoms with van der Waals surface area (Å²) in [7, 11) is 0. The van der Waals surface area contributed by atoms with Gasteiger partial charge in [-0.2, -0.15) is 22.9 Å². The molecule has 0 fully saturated rings. The van der Waals surface area contributed by atoms with Crippen molar-refractivity contribution in [1.82, 2.24) is 9.66 Å². The number of para-hydroxylation sites is 1. The third kappa shape index (κ3) is 6.67. The summed E-state index contributed by atoms with van der Waals surface area (Å²) in [5.74, 6) is -0.133. The van der Waals surface area contributed by atoms with E-state index in [4.69, 9.17) is 14.2 Å². The molecule has 1 atom stereocenters. The van der Waals surface area contributed by atoms with E-state index < -0.39 is 29.4 Å². The number of hydrogen-bond donors (Lipinski definition) is 0. The van der Waals surface area contributed by atoms with Gasteiger partial charge in [0.25, 0.3) is 5.56 Å². The summed E-state index contributed by atoms with van der Waals surface area (Å²) >= 11 is 6.95. The number of aromatic nitrogens is 2. The van der Waals surface area contributed by atoms with E-state index in [-0.39, 0.29) is 41.5 Å². The summed E-state index contributed by atoms with van der Waals surface area (Å²) in [4.78, 5) is 30.1. The Bertz CT molecular complexity index is 1720. The van der Waals surface area contributed by atoms with Crippen molar-refractivity contribution in [2.75, 3.05) is 13.2 Å². The number of hydrogen-bond acceptors (Lipinski definition) is 7. The first-order valence-electron chi connectivity index (χ1n) is 12.7. The van der Waals surface area contributed by atoms with Crippen LogP contribution in [0.15, 0.2) is 73.4 Å². The fourth-order valence-corrected chi connectivity index (χ4v) is 4.84. The number of halogens is 5. The number of esters is 1. The van der Waals surface area contributed by atoms with Crippen LogP contribution in [0.4, 0.5) is 13.2 Å². The Morgan fingerprint density at radius 3 is 2.50 bits per heavy atom. The van der Waals surface area contributed by atoms with Crippen LogP contribution in [0.5, 0.6) is 11.5 Å². The Balaban J connectivity index is 1.86. The van der Waals surface area contributed by atoms with Gasteiger partial charge < -0.3 is 14.2 Å². The van der Waals surface area contributed by atoms with Crippen LogP contribution >= 0.6 is 31.9 Å². The number of fused-ring (bicyclic) bond motifs is 1. The van der Waals surface area contributed by atoms with Gasteiger partial charge >= 0.3 is 12.1 Å². The molecule has 0 N–H and O–H groups in total. The van der Waals surface area contributed by atoms with E-state index in [2.05, 4.69) is 41.9 Å². The molecule has 42 heavy (non-hydrogen) atoms. The first-order chi connectivity index (χ1) is 20.0. The van der Waals surface area contributed by atoms with Gasteiger partial charge in [0.15, 0.2) is 23.4 Å². The van der Waals surface area contributed by atoms with Crippen LogP contribution in [0, 0.1) is 0 Å². The third-order valence-electron chi connectivity index (χ3n) is 5.88. The van der Waals surface area contributed by atoms with Gasteiger partial charge in [-0.1, -0.05) is 24.3 Å². The van der Waals surface area contributed by atoms with Crippen molar-refractivity contribution in [3.63, 3.8) is 0 Å². The highest BCUT2D eigenvalue weighted by Gasteiger charge is 2.31. The van der Waals surface area contributed by atoms with Crippen molar-refractivity contribution in [3.8, 4) is 22.9 Å². The second kappa shape index (κ2) is 13.1. The van der Waals surface area contributed by atoms with E-state index in [0.29, 0.717) is 20.0 Å². The Morgan fingerprint density at radius 2 is 1.81 bits per heavy atom. The lowest BCUT2D eigenvalue weighted by Gasteiger charge is -2.19. The largest absolute Gasteiger partial charge is 0.490 e. The summed E-state index contributed by atoms with van der Waals surface area (Å²) in [6.07, 6.45) is -4.20. The summed E-state index contributed by atoms with van der Waals surface area (Å²) in [6, 6.07) is 12.6. The average Bonchev–Trinajstić information content (AvgIpc) is 2.96. The monoisotopic (exact) mass is 709 g/mol. The molecular formula is C29H24Br2F3N3O5. The maximum atomic E-state index is 13.5. The molecule has 4 rings (SSSR count). The minimum atomic E-state index is -4.59. The van der Waals surface area contributed by atoms with Crippen LogP contribution in [-0.2, 0) is 15.7 Å². The minimum Gasteiger partial charge on any atom is -0.490 e. The molecule has 0 saturated carbocycles. The Kier molecular flexibility index (Phi) is 9.72. The van der Waals surface area contributed by atoms with Gasteiger partial charge in [-0.15, -0.1) is 0 Å². The lowest BCUT2D eigenvalue weighted by molar-refractivity contribution is -0.150. The van der Waals surface area contributed by atoms with Crippen molar-refractivity contribution >= 4 is 54.9 Å². The molecular weight excluding hydrogens is 687 g/mol. The van der Waals surface area contributed by atoms with Crippen molar-refractivity contribution in [3.05, 3.63) is 85.0 Å². The van der Waals surface area contributed by atoms with Gasteiger partial charge in [-0.05, 0) is 83.0 Å². The predicted molar refractivity (Wildman–Crippen MR) is 159 cm³/mol. The molecule has 0 amide bonds. The van der Waals surface area contributed by atoms with Gasteiger partial charge in [-0.3, -0.25) is 4.79 Å². The Morgan fingerprint density at radius 1 is 1.07 bits per heavy atom. The van der Waals surface area contributed by atoms with Crippen molar-refractivity contribution in [2.24, 2.45) is 5.10 Å². The highest BCUT2D eigenvalue weighted by molar-refractivity contribution is 9.13. The van der Waals surface area contributed by atoms with E-state index in [9.17, 15) is 22.8 Å². The van der Waals surface area contributed by atoms with Crippen molar-refractivity contribution in [2.45, 2.75) is 33.1 Å². The molecule has 0 radical (unpaired) electrons. The standard InChI is InChI=1S/C29H24Br2F3N3O5/c1-4-40-22-14-18(23(30)24(31)25(22)42-16(3)28(39)41-5-2)15-35-37-26(17-9-8-10-19(13-17)29(32,33)34)36-21-12-7-6-11-20(21)27(37)38/h6-16H,4-5H2,1-3H3/t16-/m1/s1. The molecule has 0 saturated heterocycles. The van der Waals surface area contributed by atoms with E-state index in [0.717, 1.165) is 16.8 Å². The van der Waals surface area contributed by atoms with Gasteiger partial charge in [0.05, 0.1) is 40.4 Å². The van der Waals surface area contributed by atoms with Gasteiger partial charge in [0.1, 0.15) is 0 Å². The van der Waals surface area contributed by atoms with E-state index in [1.807, 2.05) is 0 Å². The molecule has 13 heteroatoms. The summed E-state index contributed by atoms with van der Waals surface area (Å²) in [5, 5.41) is 4.59. The number of rotatable bonds is 9. The minimum absolute atomic E-state index is 0.0526. The fourth-order valence-electron chi connectivity index (χ4n) is 3.93. The molecule has 4 aromatic rings. The molecule has 0 aliphatic heterocycles. The predicted octanol–water partition coefficient (Wildman–Crippen LogP) is 7.22. The van der Waals surface area contributed by atoms with Gasteiger partial charge in [0.2, 0.25) is 0 Å². The van der Waals surface area contributed by atoms with Gasteiger partial charge in [-0.25, -0.2) is 9.78 Å². The second-order valence-corrected chi connectivity index (χ2v) is 10.3. The van der Waals surface area contributed by atoms with E-state index >= 15 is 0 Å². The zero-order valence-electron chi connectivity index (χ0n) is 22.5.